The Bertz CT molecular complexity index is 858. The zero-order chi connectivity index (χ0) is 21.6. The smallest absolute Gasteiger partial charge is 0.413 e. The SMILES string of the molecule is COC(=O)NC(=O)[C@H](C)OC(=O)/C(C#N)=C/c1cc(C)n(C[C@@H]2CCCO2)c1C. The van der Waals surface area contributed by atoms with Crippen LogP contribution >= 0.6 is 0 Å². The third-order valence-corrected chi connectivity index (χ3v) is 4.73. The first kappa shape index (κ1) is 22.2. The number of esters is 1. The molecule has 0 aliphatic carbocycles. The molecule has 0 saturated carbocycles. The number of nitrogens with zero attached hydrogens (tertiary/aromatic N) is 2. The summed E-state index contributed by atoms with van der Waals surface area (Å²) in [5.74, 6) is -1.80. The zero-order valence-electron chi connectivity index (χ0n) is 17.0. The topological polar surface area (TPSA) is 120 Å². The van der Waals surface area contributed by atoms with E-state index in [0.717, 1.165) is 37.9 Å². The second-order valence-electron chi connectivity index (χ2n) is 6.77. The molecule has 2 amide bonds. The number of hydrogen-bond donors (Lipinski definition) is 1. The van der Waals surface area contributed by atoms with Gasteiger partial charge in [0.25, 0.3) is 5.91 Å². The van der Waals surface area contributed by atoms with Gasteiger partial charge in [0.05, 0.1) is 13.2 Å². The Kier molecular flexibility index (Phi) is 7.56. The van der Waals surface area contributed by atoms with Gasteiger partial charge < -0.3 is 18.8 Å². The number of imide groups is 1. The lowest BCUT2D eigenvalue weighted by atomic mass is 10.1. The van der Waals surface area contributed by atoms with Gasteiger partial charge in [0.1, 0.15) is 11.6 Å². The highest BCUT2D eigenvalue weighted by Crippen LogP contribution is 2.22. The number of carbonyl (C=O) groups excluding carboxylic acids is 3. The van der Waals surface area contributed by atoms with Crippen LogP contribution in [0.4, 0.5) is 4.79 Å². The highest BCUT2D eigenvalue weighted by atomic mass is 16.6. The van der Waals surface area contributed by atoms with Crippen LogP contribution in [0.25, 0.3) is 6.08 Å². The minimum absolute atomic E-state index is 0.159. The minimum atomic E-state index is -1.27. The van der Waals surface area contributed by atoms with Gasteiger partial charge in [0, 0.05) is 24.5 Å². The summed E-state index contributed by atoms with van der Waals surface area (Å²) in [6, 6.07) is 3.68. The lowest BCUT2D eigenvalue weighted by Crippen LogP contribution is -2.39. The Morgan fingerprint density at radius 2 is 2.17 bits per heavy atom. The molecule has 2 rings (SSSR count). The fourth-order valence-electron chi connectivity index (χ4n) is 3.07. The van der Waals surface area contributed by atoms with Crippen LogP contribution in [-0.4, -0.2) is 48.5 Å². The number of ether oxygens (including phenoxy) is 3. The van der Waals surface area contributed by atoms with Crippen LogP contribution in [0, 0.1) is 25.2 Å². The van der Waals surface area contributed by atoms with Crippen molar-refractivity contribution in [1.82, 2.24) is 9.88 Å². The van der Waals surface area contributed by atoms with Crippen LogP contribution in [-0.2, 0) is 30.3 Å². The molecule has 2 heterocycles. The van der Waals surface area contributed by atoms with Crippen LogP contribution in [0.5, 0.6) is 0 Å². The van der Waals surface area contributed by atoms with Gasteiger partial charge in [0.15, 0.2) is 6.10 Å². The Balaban J connectivity index is 2.12. The van der Waals surface area contributed by atoms with Crippen molar-refractivity contribution in [2.45, 2.75) is 52.4 Å². The van der Waals surface area contributed by atoms with E-state index < -0.39 is 24.1 Å². The second-order valence-corrected chi connectivity index (χ2v) is 6.77. The number of alkyl carbamates (subject to hydrolysis) is 1. The molecule has 1 aliphatic rings. The van der Waals surface area contributed by atoms with Gasteiger partial charge in [-0.15, -0.1) is 0 Å². The monoisotopic (exact) mass is 403 g/mol. The van der Waals surface area contributed by atoms with Crippen LogP contribution in [0.2, 0.25) is 0 Å². The maximum absolute atomic E-state index is 12.3. The molecule has 1 saturated heterocycles. The van der Waals surface area contributed by atoms with E-state index in [1.165, 1.54) is 13.0 Å². The van der Waals surface area contributed by atoms with Crippen molar-refractivity contribution in [1.29, 1.82) is 5.26 Å². The fraction of sp³-hybridized carbons (Fsp3) is 0.500. The molecule has 0 radical (unpaired) electrons. The number of amides is 2. The first-order valence-electron chi connectivity index (χ1n) is 9.26. The van der Waals surface area contributed by atoms with Crippen molar-refractivity contribution in [2.75, 3.05) is 13.7 Å². The third kappa shape index (κ3) is 5.68. The third-order valence-electron chi connectivity index (χ3n) is 4.73. The minimum Gasteiger partial charge on any atom is -0.453 e. The molecule has 156 valence electrons. The molecule has 2 atom stereocenters. The van der Waals surface area contributed by atoms with Crippen molar-refractivity contribution < 1.29 is 28.6 Å². The number of aromatic nitrogens is 1. The van der Waals surface area contributed by atoms with Crippen molar-refractivity contribution in [3.8, 4) is 6.07 Å². The number of aryl methyl sites for hydroxylation is 1. The van der Waals surface area contributed by atoms with Gasteiger partial charge in [-0.3, -0.25) is 10.1 Å². The predicted octanol–water partition coefficient (Wildman–Crippen LogP) is 2.01. The van der Waals surface area contributed by atoms with E-state index in [4.69, 9.17) is 9.47 Å². The predicted molar refractivity (Wildman–Crippen MR) is 103 cm³/mol. The van der Waals surface area contributed by atoms with Gasteiger partial charge in [-0.25, -0.2) is 9.59 Å². The van der Waals surface area contributed by atoms with E-state index in [-0.39, 0.29) is 11.7 Å². The molecule has 0 spiro atoms. The van der Waals surface area contributed by atoms with Crippen molar-refractivity contribution in [3.05, 3.63) is 28.6 Å². The summed E-state index contributed by atoms with van der Waals surface area (Å²) in [4.78, 5) is 35.1. The standard InChI is InChI=1S/C20H25N3O6/c1-12-8-15(13(2)23(12)11-17-6-5-7-28-17)9-16(10-21)19(25)29-14(3)18(24)22-20(26)27-4/h8-9,14,17H,5-7,11H2,1-4H3,(H,22,24,26)/b16-9+/t14-,17-/m0/s1. The maximum atomic E-state index is 12.3. The Morgan fingerprint density at radius 3 is 2.76 bits per heavy atom. The summed E-state index contributed by atoms with van der Waals surface area (Å²) in [6.45, 7) is 6.62. The molecule has 0 bridgehead atoms. The Hall–Kier alpha value is -3.12. The number of hydrogen-bond acceptors (Lipinski definition) is 7. The Morgan fingerprint density at radius 1 is 1.45 bits per heavy atom. The second kappa shape index (κ2) is 9.89. The highest BCUT2D eigenvalue weighted by molar-refractivity contribution is 6.00. The molecule has 0 unspecified atom stereocenters. The van der Waals surface area contributed by atoms with E-state index in [0.29, 0.717) is 12.1 Å². The Labute approximate surface area is 169 Å². The molecular weight excluding hydrogens is 378 g/mol. The van der Waals surface area contributed by atoms with Crippen molar-refractivity contribution in [3.63, 3.8) is 0 Å². The summed E-state index contributed by atoms with van der Waals surface area (Å²) in [6.07, 6.45) is 1.40. The van der Waals surface area contributed by atoms with Crippen molar-refractivity contribution in [2.24, 2.45) is 0 Å². The van der Waals surface area contributed by atoms with E-state index in [1.807, 2.05) is 25.2 Å². The van der Waals surface area contributed by atoms with E-state index in [1.54, 1.807) is 6.07 Å². The normalized spacial score (nSPS) is 17.3. The zero-order valence-corrected chi connectivity index (χ0v) is 17.0. The first-order valence-corrected chi connectivity index (χ1v) is 9.26. The number of nitrogens with one attached hydrogen (secondary N) is 1. The number of carbonyl (C=O) groups is 3. The molecule has 9 nitrogen and oxygen atoms in total. The van der Waals surface area contributed by atoms with E-state index in [2.05, 4.69) is 9.30 Å². The van der Waals surface area contributed by atoms with Crippen LogP contribution in [0.15, 0.2) is 11.6 Å². The largest absolute Gasteiger partial charge is 0.453 e. The lowest BCUT2D eigenvalue weighted by Gasteiger charge is -2.14. The van der Waals surface area contributed by atoms with Crippen LogP contribution in [0.3, 0.4) is 0 Å². The van der Waals surface area contributed by atoms with Gasteiger partial charge in [-0.2, -0.15) is 5.26 Å². The highest BCUT2D eigenvalue weighted by Gasteiger charge is 2.23. The maximum Gasteiger partial charge on any atom is 0.413 e. The number of methoxy groups -OCH3 is 1. The van der Waals surface area contributed by atoms with Crippen molar-refractivity contribution >= 4 is 24.0 Å². The molecule has 0 aromatic carbocycles. The molecule has 9 heteroatoms. The van der Waals surface area contributed by atoms with Gasteiger partial charge in [-0.1, -0.05) is 0 Å². The summed E-state index contributed by atoms with van der Waals surface area (Å²) in [5.41, 5.74) is 2.34. The summed E-state index contributed by atoms with van der Waals surface area (Å²) < 4.78 is 17.1. The molecule has 1 fully saturated rings. The summed E-state index contributed by atoms with van der Waals surface area (Å²) in [5, 5.41) is 11.3. The number of rotatable bonds is 6. The van der Waals surface area contributed by atoms with Crippen LogP contribution in [0.1, 0.15) is 36.7 Å². The number of nitriles is 1. The first-order chi connectivity index (χ1) is 13.8. The summed E-state index contributed by atoms with van der Waals surface area (Å²) >= 11 is 0. The quantitative estimate of drug-likeness (QED) is 0.438. The van der Waals surface area contributed by atoms with E-state index >= 15 is 0 Å². The molecular formula is C20H25N3O6. The molecule has 1 aromatic heterocycles. The average Bonchev–Trinajstić information content (AvgIpc) is 3.29. The fourth-order valence-corrected chi connectivity index (χ4v) is 3.07. The molecule has 1 aromatic rings. The molecule has 29 heavy (non-hydrogen) atoms. The lowest BCUT2D eigenvalue weighted by molar-refractivity contribution is -0.150. The van der Waals surface area contributed by atoms with Gasteiger partial charge in [0.2, 0.25) is 0 Å². The van der Waals surface area contributed by atoms with Gasteiger partial charge >= 0.3 is 12.1 Å². The average molecular weight is 403 g/mol. The van der Waals surface area contributed by atoms with E-state index in [9.17, 15) is 19.6 Å². The van der Waals surface area contributed by atoms with Crippen LogP contribution < -0.4 is 5.32 Å². The molecule has 1 aliphatic heterocycles. The van der Waals surface area contributed by atoms with Gasteiger partial charge in [-0.05, 0) is 51.3 Å². The molecule has 1 N–H and O–H groups in total. The summed E-state index contributed by atoms with van der Waals surface area (Å²) in [7, 11) is 1.10.